The third-order valence-corrected chi connectivity index (χ3v) is 5.46. The summed E-state index contributed by atoms with van der Waals surface area (Å²) in [6, 6.07) is 6.38. The number of pyridine rings is 1. The van der Waals surface area contributed by atoms with Crippen molar-refractivity contribution in [3.63, 3.8) is 0 Å². The molecule has 0 amide bonds. The molecule has 1 atom stereocenters. The highest BCUT2D eigenvalue weighted by atomic mass is 35.5. The predicted molar refractivity (Wildman–Crippen MR) is 114 cm³/mol. The molecule has 1 N–H and O–H groups in total. The third-order valence-electron chi connectivity index (χ3n) is 4.90. The molecule has 4 rings (SSSR count). The molecule has 2 heterocycles. The SMILES string of the molecule is N#Cc1nn(-c2cc(Cl)c(Oc3ccc(=O)n(C4CCCC4=O)c3)c(Cl)c2)c(=O)[nH]c1=O. The lowest BCUT2D eigenvalue weighted by atomic mass is 10.2. The third kappa shape index (κ3) is 3.95. The Morgan fingerprint density at radius 3 is 2.50 bits per heavy atom. The average molecular weight is 474 g/mol. The van der Waals surface area contributed by atoms with Crippen LogP contribution < -0.4 is 21.5 Å². The molecule has 0 spiro atoms. The monoisotopic (exact) mass is 473 g/mol. The van der Waals surface area contributed by atoms with Crippen molar-refractivity contribution in [3.05, 3.63) is 77.4 Å². The highest BCUT2D eigenvalue weighted by Gasteiger charge is 2.27. The van der Waals surface area contributed by atoms with E-state index in [-0.39, 0.29) is 38.6 Å². The molecule has 12 heteroatoms. The lowest BCUT2D eigenvalue weighted by Gasteiger charge is -2.15. The summed E-state index contributed by atoms with van der Waals surface area (Å²) in [6.45, 7) is 0. The topological polar surface area (TPSA) is 140 Å². The number of carbonyl (C=O) groups excluding carboxylic acids is 1. The van der Waals surface area contributed by atoms with Crippen LogP contribution in [0.2, 0.25) is 10.0 Å². The van der Waals surface area contributed by atoms with Crippen molar-refractivity contribution in [2.24, 2.45) is 0 Å². The lowest BCUT2D eigenvalue weighted by Crippen LogP contribution is -2.33. The summed E-state index contributed by atoms with van der Waals surface area (Å²) in [5.41, 5.74) is -2.56. The maximum atomic E-state index is 12.2. The number of nitrogens with zero attached hydrogens (tertiary/aromatic N) is 4. The Bertz CT molecular complexity index is 1440. The van der Waals surface area contributed by atoms with E-state index in [9.17, 15) is 19.2 Å². The Labute approximate surface area is 189 Å². The predicted octanol–water partition coefficient (Wildman–Crippen LogP) is 2.35. The Kier molecular flexibility index (Phi) is 5.69. The fourth-order valence-electron chi connectivity index (χ4n) is 3.41. The van der Waals surface area contributed by atoms with E-state index in [0.717, 1.165) is 4.68 Å². The molecule has 1 aromatic carbocycles. The van der Waals surface area contributed by atoms with Crippen LogP contribution >= 0.6 is 23.2 Å². The van der Waals surface area contributed by atoms with Gasteiger partial charge in [-0.3, -0.25) is 19.4 Å². The summed E-state index contributed by atoms with van der Waals surface area (Å²) < 4.78 is 7.86. The minimum absolute atomic E-state index is 0.000556. The number of benzene rings is 1. The molecule has 1 aliphatic carbocycles. The van der Waals surface area contributed by atoms with Gasteiger partial charge in [0.15, 0.2) is 11.5 Å². The van der Waals surface area contributed by atoms with E-state index >= 15 is 0 Å². The van der Waals surface area contributed by atoms with Crippen LogP contribution in [0, 0.1) is 11.3 Å². The van der Waals surface area contributed by atoms with Crippen LogP contribution in [0.25, 0.3) is 5.69 Å². The van der Waals surface area contributed by atoms with Crippen LogP contribution in [-0.2, 0) is 4.79 Å². The van der Waals surface area contributed by atoms with Gasteiger partial charge in [-0.2, -0.15) is 9.94 Å². The van der Waals surface area contributed by atoms with Crippen molar-refractivity contribution in [2.45, 2.75) is 25.3 Å². The van der Waals surface area contributed by atoms with E-state index in [1.165, 1.54) is 35.0 Å². The molecule has 0 aliphatic heterocycles. The van der Waals surface area contributed by atoms with Crippen LogP contribution in [-0.4, -0.2) is 25.1 Å². The minimum Gasteiger partial charge on any atom is -0.453 e. The number of nitrogens with one attached hydrogen (secondary N) is 1. The number of hydrogen-bond donors (Lipinski definition) is 1. The number of H-pyrrole nitrogens is 1. The summed E-state index contributed by atoms with van der Waals surface area (Å²) in [5.74, 6) is 0.255. The van der Waals surface area contributed by atoms with E-state index in [0.29, 0.717) is 19.3 Å². The van der Waals surface area contributed by atoms with Crippen molar-refractivity contribution in [1.82, 2.24) is 19.3 Å². The number of Topliss-reactive ketones (excluding diaryl/α,β-unsaturated/α-hetero) is 1. The molecule has 1 aliphatic rings. The van der Waals surface area contributed by atoms with Crippen LogP contribution in [0.4, 0.5) is 0 Å². The summed E-state index contributed by atoms with van der Waals surface area (Å²) in [6.07, 6.45) is 3.13. The zero-order chi connectivity index (χ0) is 23.0. The molecule has 0 saturated heterocycles. The smallest absolute Gasteiger partial charge is 0.349 e. The van der Waals surface area contributed by atoms with Gasteiger partial charge in [-0.1, -0.05) is 23.2 Å². The van der Waals surface area contributed by atoms with Gasteiger partial charge in [0.25, 0.3) is 11.1 Å². The Balaban J connectivity index is 1.71. The van der Waals surface area contributed by atoms with E-state index in [2.05, 4.69) is 5.10 Å². The van der Waals surface area contributed by atoms with Gasteiger partial charge < -0.3 is 9.30 Å². The van der Waals surface area contributed by atoms with Gasteiger partial charge in [-0.15, -0.1) is 5.10 Å². The van der Waals surface area contributed by atoms with Gasteiger partial charge in [-0.05, 0) is 31.0 Å². The molecular weight excluding hydrogens is 461 g/mol. The fraction of sp³-hybridized carbons (Fsp3) is 0.200. The van der Waals surface area contributed by atoms with Gasteiger partial charge in [-0.25, -0.2) is 4.79 Å². The molecule has 0 radical (unpaired) electrons. The van der Waals surface area contributed by atoms with Gasteiger partial charge in [0.1, 0.15) is 11.8 Å². The van der Waals surface area contributed by atoms with Crippen molar-refractivity contribution in [3.8, 4) is 23.3 Å². The second-order valence-corrected chi connectivity index (χ2v) is 7.77. The van der Waals surface area contributed by atoms with Gasteiger partial charge in [0.05, 0.1) is 28.0 Å². The standard InChI is InChI=1S/C20H13Cl2N5O5/c21-12-6-10(27-20(31)24-19(30)14(8-23)25-27)7-13(22)18(12)32-11-4-5-17(29)26(9-11)15-2-1-3-16(15)28/h4-7,9,15H,1-3H2,(H,24,30,31). The van der Waals surface area contributed by atoms with Gasteiger partial charge in [0, 0.05) is 12.5 Å². The van der Waals surface area contributed by atoms with E-state index in [1.807, 2.05) is 4.98 Å². The first-order valence-electron chi connectivity index (χ1n) is 9.34. The number of halogens is 2. The summed E-state index contributed by atoms with van der Waals surface area (Å²) >= 11 is 12.6. The zero-order valence-corrected chi connectivity index (χ0v) is 17.7. The van der Waals surface area contributed by atoms with Gasteiger partial charge >= 0.3 is 5.69 Å². The number of ether oxygens (including phenoxy) is 1. The molecule has 162 valence electrons. The van der Waals surface area contributed by atoms with E-state index in [1.54, 1.807) is 6.07 Å². The second-order valence-electron chi connectivity index (χ2n) is 6.96. The first-order chi connectivity index (χ1) is 15.3. The zero-order valence-electron chi connectivity index (χ0n) is 16.2. The van der Waals surface area contributed by atoms with Crippen molar-refractivity contribution in [2.75, 3.05) is 0 Å². The average Bonchev–Trinajstić information content (AvgIpc) is 3.17. The highest BCUT2D eigenvalue weighted by Crippen LogP contribution is 2.38. The van der Waals surface area contributed by atoms with Crippen molar-refractivity contribution >= 4 is 29.0 Å². The summed E-state index contributed by atoms with van der Waals surface area (Å²) in [7, 11) is 0. The molecule has 1 fully saturated rings. The van der Waals surface area contributed by atoms with Crippen molar-refractivity contribution < 1.29 is 9.53 Å². The van der Waals surface area contributed by atoms with E-state index < -0.39 is 23.0 Å². The molecule has 1 unspecified atom stereocenters. The molecule has 0 bridgehead atoms. The maximum Gasteiger partial charge on any atom is 0.349 e. The lowest BCUT2D eigenvalue weighted by molar-refractivity contribution is -0.120. The molecular formula is C20H13Cl2N5O5. The molecule has 32 heavy (non-hydrogen) atoms. The summed E-state index contributed by atoms with van der Waals surface area (Å²) in [4.78, 5) is 49.9. The first kappa shape index (κ1) is 21.5. The second kappa shape index (κ2) is 8.45. The molecule has 1 saturated carbocycles. The minimum atomic E-state index is -0.915. The molecule has 3 aromatic rings. The fourth-order valence-corrected chi connectivity index (χ4v) is 3.96. The van der Waals surface area contributed by atoms with Crippen LogP contribution in [0.1, 0.15) is 31.0 Å². The van der Waals surface area contributed by atoms with Gasteiger partial charge in [0.2, 0.25) is 5.69 Å². The Morgan fingerprint density at radius 2 is 1.88 bits per heavy atom. The van der Waals surface area contributed by atoms with E-state index in [4.69, 9.17) is 33.2 Å². The summed E-state index contributed by atoms with van der Waals surface area (Å²) in [5, 5.41) is 12.7. The quantitative estimate of drug-likeness (QED) is 0.612. The number of aromatic nitrogens is 4. The normalized spacial score (nSPS) is 15.5. The molecule has 2 aromatic heterocycles. The number of rotatable bonds is 4. The first-order valence-corrected chi connectivity index (χ1v) is 10.1. The number of aromatic amines is 1. The number of carbonyl (C=O) groups is 1. The largest absolute Gasteiger partial charge is 0.453 e. The van der Waals surface area contributed by atoms with Crippen LogP contribution in [0.3, 0.4) is 0 Å². The Morgan fingerprint density at radius 1 is 1.16 bits per heavy atom. The number of hydrogen-bond acceptors (Lipinski definition) is 7. The van der Waals surface area contributed by atoms with Crippen LogP contribution in [0.5, 0.6) is 11.5 Å². The maximum absolute atomic E-state index is 12.2. The molecule has 10 nitrogen and oxygen atoms in total. The Hall–Kier alpha value is -3.68. The van der Waals surface area contributed by atoms with Crippen molar-refractivity contribution in [1.29, 1.82) is 5.26 Å². The number of nitriles is 1. The highest BCUT2D eigenvalue weighted by molar-refractivity contribution is 6.37. The number of ketones is 1. The van der Waals surface area contributed by atoms with Crippen LogP contribution in [0.15, 0.2) is 44.8 Å².